The van der Waals surface area contributed by atoms with E-state index in [-0.39, 0.29) is 35.9 Å². The minimum Gasteiger partial charge on any atom is -0.396 e. The van der Waals surface area contributed by atoms with Gasteiger partial charge < -0.3 is 15.3 Å². The zero-order valence-corrected chi connectivity index (χ0v) is 20.6. The minimum absolute atomic E-state index is 0.0522. The Hall–Kier alpha value is -0.450. The predicted molar refractivity (Wildman–Crippen MR) is 124 cm³/mol. The molecule has 3 fully saturated rings. The molecule has 0 aromatic heterocycles. The number of carbonyl (C=O) groups excluding carboxylic acids is 1. The lowest BCUT2D eigenvalue weighted by atomic mass is 9.51. The van der Waals surface area contributed by atoms with Crippen molar-refractivity contribution >= 4 is 5.78 Å². The summed E-state index contributed by atoms with van der Waals surface area (Å²) < 4.78 is 0. The first-order valence-corrected chi connectivity index (χ1v) is 13.1. The average Bonchev–Trinajstić information content (AvgIpc) is 3.03. The van der Waals surface area contributed by atoms with Crippen LogP contribution in [0.1, 0.15) is 98.8 Å². The number of hydrogen-bond donors (Lipinski definition) is 3. The lowest BCUT2D eigenvalue weighted by Crippen LogP contribution is -2.56. The standard InChI is InChI=1S/C27H48O4/c1-17(2)7-6-8-18(3)21-9-10-22(26(21,4)13-14-28)20-16-24(30)23-15-19(29)11-12-27(23,5)25(20)31/h17-24,28-30H,6-16H2,1-5H3. The van der Waals surface area contributed by atoms with Gasteiger partial charge in [-0.05, 0) is 80.0 Å². The molecule has 0 spiro atoms. The molecule has 0 heterocycles. The van der Waals surface area contributed by atoms with Crippen molar-refractivity contribution in [2.45, 2.75) is 111 Å². The van der Waals surface area contributed by atoms with Crippen molar-refractivity contribution < 1.29 is 20.1 Å². The monoisotopic (exact) mass is 436 g/mol. The SMILES string of the molecule is CC(C)CCCC(C)C1CCC(C2CC(O)C3CC(O)CCC3(C)C2=O)C1(C)CCO. The molecule has 4 heteroatoms. The van der Waals surface area contributed by atoms with Gasteiger partial charge in [0.1, 0.15) is 5.78 Å². The molecular formula is C27H48O4. The van der Waals surface area contributed by atoms with Gasteiger partial charge in [0.25, 0.3) is 0 Å². The second-order valence-electron chi connectivity index (χ2n) is 12.3. The van der Waals surface area contributed by atoms with Crippen LogP contribution >= 0.6 is 0 Å². The predicted octanol–water partition coefficient (Wildman–Crippen LogP) is 4.98. The van der Waals surface area contributed by atoms with Crippen molar-refractivity contribution in [3.63, 3.8) is 0 Å². The Bertz CT molecular complexity index is 618. The zero-order chi connectivity index (χ0) is 23.0. The number of aliphatic hydroxyl groups is 3. The van der Waals surface area contributed by atoms with Crippen LogP contribution < -0.4 is 0 Å². The van der Waals surface area contributed by atoms with Gasteiger partial charge in [-0.3, -0.25) is 4.79 Å². The van der Waals surface area contributed by atoms with E-state index in [2.05, 4.69) is 27.7 Å². The first kappa shape index (κ1) is 25.2. The second kappa shape index (κ2) is 9.81. The van der Waals surface area contributed by atoms with Crippen molar-refractivity contribution in [2.75, 3.05) is 6.61 Å². The summed E-state index contributed by atoms with van der Waals surface area (Å²) in [6.07, 6.45) is 8.15. The smallest absolute Gasteiger partial charge is 0.142 e. The van der Waals surface area contributed by atoms with Crippen LogP contribution in [-0.2, 0) is 4.79 Å². The number of aliphatic hydroxyl groups excluding tert-OH is 3. The maximum Gasteiger partial charge on any atom is 0.142 e. The van der Waals surface area contributed by atoms with E-state index in [0.717, 1.165) is 25.2 Å². The van der Waals surface area contributed by atoms with Crippen LogP contribution in [0.15, 0.2) is 0 Å². The molecule has 3 saturated carbocycles. The average molecular weight is 437 g/mol. The fourth-order valence-electron chi connectivity index (χ4n) is 8.06. The Morgan fingerprint density at radius 3 is 2.35 bits per heavy atom. The van der Waals surface area contributed by atoms with E-state index in [0.29, 0.717) is 43.3 Å². The van der Waals surface area contributed by atoms with Gasteiger partial charge in [-0.1, -0.05) is 53.9 Å². The fraction of sp³-hybridized carbons (Fsp3) is 0.963. The molecule has 9 atom stereocenters. The van der Waals surface area contributed by atoms with Crippen LogP contribution in [0.3, 0.4) is 0 Å². The molecule has 3 rings (SSSR count). The molecule has 0 radical (unpaired) electrons. The Balaban J connectivity index is 1.80. The van der Waals surface area contributed by atoms with Gasteiger partial charge >= 0.3 is 0 Å². The molecule has 0 aromatic rings. The van der Waals surface area contributed by atoms with Crippen molar-refractivity contribution in [3.05, 3.63) is 0 Å². The van der Waals surface area contributed by atoms with E-state index >= 15 is 0 Å². The fourth-order valence-corrected chi connectivity index (χ4v) is 8.06. The number of carbonyl (C=O) groups is 1. The van der Waals surface area contributed by atoms with Gasteiger partial charge in [0, 0.05) is 17.9 Å². The molecule has 0 amide bonds. The quantitative estimate of drug-likeness (QED) is 0.501. The van der Waals surface area contributed by atoms with Gasteiger partial charge in [-0.25, -0.2) is 0 Å². The number of rotatable bonds is 8. The van der Waals surface area contributed by atoms with E-state index in [1.807, 2.05) is 6.92 Å². The summed E-state index contributed by atoms with van der Waals surface area (Å²) in [5.74, 6) is 2.20. The maximum atomic E-state index is 13.9. The van der Waals surface area contributed by atoms with E-state index in [9.17, 15) is 20.1 Å². The first-order valence-electron chi connectivity index (χ1n) is 13.1. The van der Waals surface area contributed by atoms with Crippen molar-refractivity contribution in [2.24, 2.45) is 46.3 Å². The molecule has 0 bridgehead atoms. The van der Waals surface area contributed by atoms with Gasteiger partial charge in [0.15, 0.2) is 0 Å². The lowest BCUT2D eigenvalue weighted by Gasteiger charge is -2.53. The third-order valence-corrected chi connectivity index (χ3v) is 9.95. The summed E-state index contributed by atoms with van der Waals surface area (Å²) in [5, 5.41) is 31.2. The van der Waals surface area contributed by atoms with Crippen molar-refractivity contribution in [1.82, 2.24) is 0 Å². The molecule has 31 heavy (non-hydrogen) atoms. The van der Waals surface area contributed by atoms with Crippen LogP contribution in [0.4, 0.5) is 0 Å². The van der Waals surface area contributed by atoms with E-state index < -0.39 is 11.5 Å². The number of hydrogen-bond acceptors (Lipinski definition) is 4. The van der Waals surface area contributed by atoms with E-state index in [4.69, 9.17) is 0 Å². The van der Waals surface area contributed by atoms with Crippen LogP contribution in [0, 0.1) is 46.3 Å². The second-order valence-corrected chi connectivity index (χ2v) is 12.3. The molecule has 4 nitrogen and oxygen atoms in total. The molecule has 0 aliphatic heterocycles. The van der Waals surface area contributed by atoms with E-state index in [1.54, 1.807) is 0 Å². The van der Waals surface area contributed by atoms with Crippen molar-refractivity contribution in [3.8, 4) is 0 Å². The largest absolute Gasteiger partial charge is 0.396 e. The Morgan fingerprint density at radius 1 is 1.00 bits per heavy atom. The Morgan fingerprint density at radius 2 is 1.71 bits per heavy atom. The third-order valence-electron chi connectivity index (χ3n) is 9.95. The molecule has 0 aromatic carbocycles. The lowest BCUT2D eigenvalue weighted by molar-refractivity contribution is -0.162. The third kappa shape index (κ3) is 4.77. The van der Waals surface area contributed by atoms with Gasteiger partial charge in [-0.2, -0.15) is 0 Å². The first-order chi connectivity index (χ1) is 14.5. The summed E-state index contributed by atoms with van der Waals surface area (Å²) in [4.78, 5) is 13.9. The van der Waals surface area contributed by atoms with Crippen LogP contribution in [0.2, 0.25) is 0 Å². The topological polar surface area (TPSA) is 77.8 Å². The molecule has 9 unspecified atom stereocenters. The summed E-state index contributed by atoms with van der Waals surface area (Å²) in [6.45, 7) is 11.5. The summed E-state index contributed by atoms with van der Waals surface area (Å²) in [6, 6.07) is 0. The summed E-state index contributed by atoms with van der Waals surface area (Å²) in [7, 11) is 0. The summed E-state index contributed by atoms with van der Waals surface area (Å²) >= 11 is 0. The van der Waals surface area contributed by atoms with Gasteiger partial charge in [0.2, 0.25) is 0 Å². The molecular weight excluding hydrogens is 388 g/mol. The summed E-state index contributed by atoms with van der Waals surface area (Å²) in [5.41, 5.74) is -0.563. The van der Waals surface area contributed by atoms with Crippen molar-refractivity contribution in [1.29, 1.82) is 0 Å². The molecule has 180 valence electrons. The Kier molecular flexibility index (Phi) is 7.97. The van der Waals surface area contributed by atoms with Crippen LogP contribution in [-0.4, -0.2) is 39.9 Å². The normalized spacial score (nSPS) is 44.5. The Labute approximate surface area is 190 Å². The highest BCUT2D eigenvalue weighted by molar-refractivity contribution is 5.88. The molecule has 3 N–H and O–H groups in total. The van der Waals surface area contributed by atoms with Gasteiger partial charge in [0.05, 0.1) is 12.2 Å². The number of ketones is 1. The van der Waals surface area contributed by atoms with Crippen LogP contribution in [0.25, 0.3) is 0 Å². The van der Waals surface area contributed by atoms with Gasteiger partial charge in [-0.15, -0.1) is 0 Å². The highest BCUT2D eigenvalue weighted by Gasteiger charge is 2.59. The van der Waals surface area contributed by atoms with E-state index in [1.165, 1.54) is 19.3 Å². The maximum absolute atomic E-state index is 13.9. The molecule has 3 aliphatic carbocycles. The highest BCUT2D eigenvalue weighted by atomic mass is 16.3. The zero-order valence-electron chi connectivity index (χ0n) is 20.6. The number of Topliss-reactive ketones (excluding diaryl/α,β-unsaturated/α-hetero) is 1. The molecule has 0 saturated heterocycles. The highest BCUT2D eigenvalue weighted by Crippen LogP contribution is 2.60. The number of fused-ring (bicyclic) bond motifs is 1. The molecule has 3 aliphatic rings. The minimum atomic E-state index is -0.511. The van der Waals surface area contributed by atoms with Crippen LogP contribution in [0.5, 0.6) is 0 Å².